The zero-order valence-corrected chi connectivity index (χ0v) is 14.4. The number of aliphatic hydroxyl groups is 1. The molecule has 2 heteroatoms. The smallest absolute Gasteiger partial charge is 0.0681 e. The van der Waals surface area contributed by atoms with Crippen molar-refractivity contribution in [1.82, 2.24) is 5.32 Å². The molecule has 0 aliphatic heterocycles. The predicted octanol–water partition coefficient (Wildman–Crippen LogP) is 4.06. The fourth-order valence-corrected chi connectivity index (χ4v) is 6.08. The fraction of sp³-hybridized carbons (Fsp3) is 0.714. The first kappa shape index (κ1) is 15.7. The van der Waals surface area contributed by atoms with Crippen molar-refractivity contribution in [1.29, 1.82) is 0 Å². The van der Waals surface area contributed by atoms with Gasteiger partial charge in [0.05, 0.1) is 6.61 Å². The van der Waals surface area contributed by atoms with Crippen LogP contribution < -0.4 is 5.32 Å². The summed E-state index contributed by atoms with van der Waals surface area (Å²) in [5, 5.41) is 13.2. The highest BCUT2D eigenvalue weighted by atomic mass is 16.3. The minimum atomic E-state index is 0.143. The molecule has 1 aromatic rings. The maximum absolute atomic E-state index is 9.13. The summed E-state index contributed by atoms with van der Waals surface area (Å²) in [5.41, 5.74) is 2.88. The highest BCUT2D eigenvalue weighted by Crippen LogP contribution is 2.55. The molecule has 0 amide bonds. The van der Waals surface area contributed by atoms with E-state index in [1.165, 1.54) is 50.5 Å². The molecule has 0 saturated heterocycles. The molecule has 23 heavy (non-hydrogen) atoms. The molecule has 0 aromatic heterocycles. The number of rotatable bonds is 6. The van der Waals surface area contributed by atoms with Gasteiger partial charge in [-0.15, -0.1) is 0 Å². The largest absolute Gasteiger partial charge is 0.392 e. The maximum Gasteiger partial charge on any atom is 0.0681 e. The molecule has 2 nitrogen and oxygen atoms in total. The average molecular weight is 313 g/mol. The Labute approximate surface area is 140 Å². The lowest BCUT2D eigenvalue weighted by Crippen LogP contribution is -2.60. The van der Waals surface area contributed by atoms with Crippen molar-refractivity contribution < 1.29 is 5.11 Å². The van der Waals surface area contributed by atoms with Crippen LogP contribution in [-0.2, 0) is 13.0 Å². The average Bonchev–Trinajstić information content (AvgIpc) is 2.51. The van der Waals surface area contributed by atoms with E-state index < -0.39 is 0 Å². The molecule has 5 rings (SSSR count). The van der Waals surface area contributed by atoms with E-state index in [0.717, 1.165) is 29.7 Å². The molecule has 0 spiro atoms. The number of nitrogens with one attached hydrogen (secondary N) is 1. The second-order valence-corrected chi connectivity index (χ2v) is 8.76. The quantitative estimate of drug-likeness (QED) is 0.830. The molecule has 4 saturated carbocycles. The molecule has 1 aromatic carbocycles. The molecule has 1 unspecified atom stereocenters. The lowest BCUT2D eigenvalue weighted by molar-refractivity contribution is -0.0247. The van der Waals surface area contributed by atoms with Gasteiger partial charge in [0.1, 0.15) is 0 Å². The van der Waals surface area contributed by atoms with Crippen LogP contribution >= 0.6 is 0 Å². The zero-order valence-electron chi connectivity index (χ0n) is 14.4. The highest BCUT2D eigenvalue weighted by molar-refractivity contribution is 5.22. The molecular weight excluding hydrogens is 282 g/mol. The van der Waals surface area contributed by atoms with Crippen molar-refractivity contribution in [2.45, 2.75) is 76.5 Å². The van der Waals surface area contributed by atoms with Gasteiger partial charge in [0.25, 0.3) is 0 Å². The Hall–Kier alpha value is -0.860. The van der Waals surface area contributed by atoms with Gasteiger partial charge in [-0.2, -0.15) is 0 Å². The van der Waals surface area contributed by atoms with Crippen molar-refractivity contribution in [3.05, 3.63) is 35.4 Å². The van der Waals surface area contributed by atoms with Crippen LogP contribution in [0.3, 0.4) is 0 Å². The molecule has 1 atom stereocenters. The monoisotopic (exact) mass is 313 g/mol. The van der Waals surface area contributed by atoms with Crippen LogP contribution in [0.15, 0.2) is 24.3 Å². The Morgan fingerprint density at radius 2 is 1.52 bits per heavy atom. The molecule has 4 aliphatic carbocycles. The van der Waals surface area contributed by atoms with Gasteiger partial charge in [0.2, 0.25) is 0 Å². The third kappa shape index (κ3) is 3.34. The number of hydrogen-bond donors (Lipinski definition) is 2. The summed E-state index contributed by atoms with van der Waals surface area (Å²) in [7, 11) is 0. The van der Waals surface area contributed by atoms with Gasteiger partial charge in [-0.25, -0.2) is 0 Å². The zero-order chi connectivity index (χ0) is 15.9. The Bertz CT molecular complexity index is 500. The van der Waals surface area contributed by atoms with Gasteiger partial charge < -0.3 is 10.4 Å². The predicted molar refractivity (Wildman–Crippen MR) is 94.2 cm³/mol. The normalized spacial score (nSPS) is 36.3. The first-order valence-corrected chi connectivity index (χ1v) is 9.60. The van der Waals surface area contributed by atoms with Crippen LogP contribution in [0, 0.1) is 17.8 Å². The van der Waals surface area contributed by atoms with Crippen molar-refractivity contribution >= 4 is 0 Å². The molecule has 2 N–H and O–H groups in total. The second-order valence-electron chi connectivity index (χ2n) is 8.76. The van der Waals surface area contributed by atoms with E-state index in [1.807, 2.05) is 12.1 Å². The third-order valence-electron chi connectivity index (χ3n) is 6.66. The van der Waals surface area contributed by atoms with E-state index in [1.54, 1.807) is 0 Å². The van der Waals surface area contributed by atoms with E-state index >= 15 is 0 Å². The van der Waals surface area contributed by atoms with Gasteiger partial charge >= 0.3 is 0 Å². The Morgan fingerprint density at radius 3 is 2.04 bits per heavy atom. The van der Waals surface area contributed by atoms with Gasteiger partial charge in [-0.05, 0) is 87.2 Å². The van der Waals surface area contributed by atoms with E-state index in [-0.39, 0.29) is 6.61 Å². The van der Waals surface area contributed by atoms with E-state index in [0.29, 0.717) is 11.6 Å². The summed E-state index contributed by atoms with van der Waals surface area (Å²) in [6.07, 6.45) is 11.2. The van der Waals surface area contributed by atoms with Gasteiger partial charge in [0, 0.05) is 11.6 Å². The first-order valence-electron chi connectivity index (χ1n) is 9.60. The van der Waals surface area contributed by atoms with E-state index in [2.05, 4.69) is 24.4 Å². The van der Waals surface area contributed by atoms with Gasteiger partial charge in [-0.3, -0.25) is 0 Å². The van der Waals surface area contributed by atoms with Crippen molar-refractivity contribution in [3.63, 3.8) is 0 Å². The molecule has 0 radical (unpaired) electrons. The lowest BCUT2D eigenvalue weighted by Gasteiger charge is -2.58. The Balaban J connectivity index is 1.32. The topological polar surface area (TPSA) is 32.3 Å². The van der Waals surface area contributed by atoms with Crippen molar-refractivity contribution in [2.24, 2.45) is 17.8 Å². The van der Waals surface area contributed by atoms with E-state index in [4.69, 9.17) is 5.11 Å². The van der Waals surface area contributed by atoms with Crippen LogP contribution in [0.5, 0.6) is 0 Å². The summed E-state index contributed by atoms with van der Waals surface area (Å²) in [6, 6.07) is 9.04. The van der Waals surface area contributed by atoms with E-state index in [9.17, 15) is 0 Å². The van der Waals surface area contributed by atoms with Gasteiger partial charge in [0.15, 0.2) is 0 Å². The van der Waals surface area contributed by atoms with Crippen LogP contribution in [0.25, 0.3) is 0 Å². The summed E-state index contributed by atoms with van der Waals surface area (Å²) < 4.78 is 0. The molecule has 0 heterocycles. The molecule has 4 aliphatic rings. The number of aryl methyl sites for hydroxylation is 1. The summed E-state index contributed by atoms with van der Waals surface area (Å²) in [6.45, 7) is 2.52. The molecule has 4 bridgehead atoms. The highest BCUT2D eigenvalue weighted by Gasteiger charge is 2.50. The standard InChI is InChI=1S/C21H31NO/c1-15(2-3-16-4-6-17(14-23)7-5-16)22-21-11-18-8-19(12-21)10-20(9-18)13-21/h4-7,15,18-20,22-23H,2-3,8-14H2,1H3. The fourth-order valence-electron chi connectivity index (χ4n) is 6.08. The number of aliphatic hydroxyl groups excluding tert-OH is 1. The van der Waals surface area contributed by atoms with Gasteiger partial charge in [-0.1, -0.05) is 24.3 Å². The molecular formula is C21H31NO. The third-order valence-corrected chi connectivity index (χ3v) is 6.66. The summed E-state index contributed by atoms with van der Waals surface area (Å²) >= 11 is 0. The van der Waals surface area contributed by atoms with Crippen LogP contribution in [0.1, 0.15) is 63.0 Å². The van der Waals surface area contributed by atoms with Crippen molar-refractivity contribution in [2.75, 3.05) is 0 Å². The first-order chi connectivity index (χ1) is 11.1. The Kier molecular flexibility index (Phi) is 4.23. The van der Waals surface area contributed by atoms with Crippen LogP contribution in [0.4, 0.5) is 0 Å². The maximum atomic E-state index is 9.13. The van der Waals surface area contributed by atoms with Crippen LogP contribution in [0.2, 0.25) is 0 Å². The van der Waals surface area contributed by atoms with Crippen LogP contribution in [-0.4, -0.2) is 16.7 Å². The second kappa shape index (κ2) is 6.22. The Morgan fingerprint density at radius 1 is 1.00 bits per heavy atom. The number of hydrogen-bond acceptors (Lipinski definition) is 2. The van der Waals surface area contributed by atoms with Crippen molar-refractivity contribution in [3.8, 4) is 0 Å². The molecule has 4 fully saturated rings. The SMILES string of the molecule is CC(CCc1ccc(CO)cc1)NC12CC3CC(CC(C3)C1)C2. The molecule has 126 valence electrons. The summed E-state index contributed by atoms with van der Waals surface area (Å²) in [4.78, 5) is 0. The minimum Gasteiger partial charge on any atom is -0.392 e. The minimum absolute atomic E-state index is 0.143. The summed E-state index contributed by atoms with van der Waals surface area (Å²) in [5.74, 6) is 3.06. The number of benzene rings is 1. The lowest BCUT2D eigenvalue weighted by atomic mass is 9.53.